The Morgan fingerprint density at radius 3 is 2.69 bits per heavy atom. The van der Waals surface area contributed by atoms with E-state index >= 15 is 0 Å². The molecule has 3 aromatic rings. The number of imidazole rings is 1. The Morgan fingerprint density at radius 2 is 2.04 bits per heavy atom. The van der Waals surface area contributed by atoms with E-state index in [2.05, 4.69) is 10.3 Å². The molecular formula is C18H15FN4O3. The van der Waals surface area contributed by atoms with Crippen LogP contribution in [0.5, 0.6) is 0 Å². The van der Waals surface area contributed by atoms with Gasteiger partial charge in [-0.3, -0.25) is 14.9 Å². The lowest BCUT2D eigenvalue weighted by molar-refractivity contribution is -0.384. The van der Waals surface area contributed by atoms with Crippen molar-refractivity contribution in [3.05, 3.63) is 93.8 Å². The Bertz CT molecular complexity index is 970. The van der Waals surface area contributed by atoms with Crippen molar-refractivity contribution < 1.29 is 14.1 Å². The number of carbonyl (C=O) groups is 1. The fourth-order valence-electron chi connectivity index (χ4n) is 2.62. The summed E-state index contributed by atoms with van der Waals surface area (Å²) in [5.74, 6) is -0.612. The van der Waals surface area contributed by atoms with Crippen molar-refractivity contribution >= 4 is 11.6 Å². The van der Waals surface area contributed by atoms with Crippen LogP contribution in [0.4, 0.5) is 10.1 Å². The number of non-ortho nitro benzene ring substituents is 1. The van der Waals surface area contributed by atoms with Crippen molar-refractivity contribution in [2.75, 3.05) is 0 Å². The standard InChI is InChI=1S/C18H15FN4O3/c1-22-10-9-20-17(22)16(14-7-2-3-8-15(14)19)21-18(24)12-5-4-6-13(11-12)23(25)26/h2-11,16H,1H3,(H,21,24). The summed E-state index contributed by atoms with van der Waals surface area (Å²) in [6.45, 7) is 0. The maximum absolute atomic E-state index is 14.3. The number of carbonyl (C=O) groups excluding carboxylic acids is 1. The van der Waals surface area contributed by atoms with E-state index in [1.165, 1.54) is 30.3 Å². The first kappa shape index (κ1) is 17.3. The Kier molecular flexibility index (Phi) is 4.74. The highest BCUT2D eigenvalue weighted by molar-refractivity contribution is 5.95. The lowest BCUT2D eigenvalue weighted by Crippen LogP contribution is -2.31. The topological polar surface area (TPSA) is 90.1 Å². The molecule has 0 saturated carbocycles. The van der Waals surface area contributed by atoms with E-state index in [0.717, 1.165) is 0 Å². The summed E-state index contributed by atoms with van der Waals surface area (Å²) in [5.41, 5.74) is 0.160. The van der Waals surface area contributed by atoms with Gasteiger partial charge in [-0.15, -0.1) is 0 Å². The normalized spacial score (nSPS) is 11.8. The fraction of sp³-hybridized carbons (Fsp3) is 0.111. The molecule has 1 heterocycles. The number of nitro groups is 1. The van der Waals surface area contributed by atoms with Gasteiger partial charge in [0.2, 0.25) is 0 Å². The summed E-state index contributed by atoms with van der Waals surface area (Å²) in [6.07, 6.45) is 3.23. The van der Waals surface area contributed by atoms with Crippen LogP contribution >= 0.6 is 0 Å². The van der Waals surface area contributed by atoms with Crippen LogP contribution in [0.2, 0.25) is 0 Å². The molecule has 1 amide bonds. The maximum atomic E-state index is 14.3. The SMILES string of the molecule is Cn1ccnc1C(NC(=O)c1cccc([N+](=O)[O-])c1)c1ccccc1F. The number of amides is 1. The second-order valence-electron chi connectivity index (χ2n) is 5.63. The zero-order valence-corrected chi connectivity index (χ0v) is 13.8. The Balaban J connectivity index is 1.98. The van der Waals surface area contributed by atoms with Gasteiger partial charge in [-0.1, -0.05) is 24.3 Å². The van der Waals surface area contributed by atoms with Crippen LogP contribution in [-0.2, 0) is 7.05 Å². The van der Waals surface area contributed by atoms with E-state index in [-0.39, 0.29) is 16.8 Å². The average Bonchev–Trinajstić information content (AvgIpc) is 3.06. The zero-order chi connectivity index (χ0) is 18.7. The van der Waals surface area contributed by atoms with Crippen LogP contribution in [0.25, 0.3) is 0 Å². The third-order valence-electron chi connectivity index (χ3n) is 3.93. The van der Waals surface area contributed by atoms with Gasteiger partial charge >= 0.3 is 0 Å². The molecule has 0 aliphatic carbocycles. The van der Waals surface area contributed by atoms with Crippen molar-refractivity contribution in [3.8, 4) is 0 Å². The first-order chi connectivity index (χ1) is 12.5. The Labute approximate surface area is 148 Å². The molecule has 2 aromatic carbocycles. The van der Waals surface area contributed by atoms with Crippen LogP contribution in [0.15, 0.2) is 60.9 Å². The number of nitro benzene ring substituents is 1. The first-order valence-corrected chi connectivity index (χ1v) is 7.74. The van der Waals surface area contributed by atoms with Gasteiger partial charge < -0.3 is 9.88 Å². The molecule has 1 atom stereocenters. The van der Waals surface area contributed by atoms with E-state index in [1.54, 1.807) is 42.2 Å². The molecule has 26 heavy (non-hydrogen) atoms. The molecule has 7 nitrogen and oxygen atoms in total. The number of halogens is 1. The van der Waals surface area contributed by atoms with Crippen LogP contribution in [-0.4, -0.2) is 20.4 Å². The first-order valence-electron chi connectivity index (χ1n) is 7.74. The average molecular weight is 354 g/mol. The number of hydrogen-bond acceptors (Lipinski definition) is 4. The van der Waals surface area contributed by atoms with Crippen LogP contribution in [0, 0.1) is 15.9 Å². The lowest BCUT2D eigenvalue weighted by Gasteiger charge is -2.19. The van der Waals surface area contributed by atoms with Gasteiger partial charge in [0.1, 0.15) is 17.7 Å². The van der Waals surface area contributed by atoms with Gasteiger partial charge in [0.05, 0.1) is 4.92 Å². The lowest BCUT2D eigenvalue weighted by atomic mass is 10.0. The second-order valence-corrected chi connectivity index (χ2v) is 5.63. The number of nitrogens with one attached hydrogen (secondary N) is 1. The Hall–Kier alpha value is -3.55. The van der Waals surface area contributed by atoms with Gasteiger partial charge in [-0.05, 0) is 12.1 Å². The van der Waals surface area contributed by atoms with Crippen molar-refractivity contribution in [1.29, 1.82) is 0 Å². The molecule has 0 saturated heterocycles. The number of aromatic nitrogens is 2. The highest BCUT2D eigenvalue weighted by atomic mass is 19.1. The zero-order valence-electron chi connectivity index (χ0n) is 13.8. The van der Waals surface area contributed by atoms with E-state index in [1.807, 2.05) is 0 Å². The smallest absolute Gasteiger partial charge is 0.270 e. The summed E-state index contributed by atoms with van der Waals surface area (Å²) in [6, 6.07) is 10.6. The molecule has 0 bridgehead atoms. The summed E-state index contributed by atoms with van der Waals surface area (Å²) in [4.78, 5) is 27.2. The molecule has 0 radical (unpaired) electrons. The predicted molar refractivity (Wildman–Crippen MR) is 92.0 cm³/mol. The third-order valence-corrected chi connectivity index (χ3v) is 3.93. The van der Waals surface area contributed by atoms with E-state index in [4.69, 9.17) is 0 Å². The molecule has 1 unspecified atom stereocenters. The molecule has 0 spiro atoms. The maximum Gasteiger partial charge on any atom is 0.270 e. The van der Waals surface area contributed by atoms with E-state index in [9.17, 15) is 19.3 Å². The van der Waals surface area contributed by atoms with Crippen molar-refractivity contribution in [3.63, 3.8) is 0 Å². The molecule has 132 valence electrons. The quantitative estimate of drug-likeness (QED) is 0.563. The highest BCUT2D eigenvalue weighted by Crippen LogP contribution is 2.24. The molecular weight excluding hydrogens is 339 g/mol. The summed E-state index contributed by atoms with van der Waals surface area (Å²) >= 11 is 0. The minimum atomic E-state index is -0.844. The Morgan fingerprint density at radius 1 is 1.27 bits per heavy atom. The van der Waals surface area contributed by atoms with Gasteiger partial charge in [0.25, 0.3) is 11.6 Å². The highest BCUT2D eigenvalue weighted by Gasteiger charge is 2.24. The number of rotatable bonds is 5. The van der Waals surface area contributed by atoms with Crippen molar-refractivity contribution in [2.45, 2.75) is 6.04 Å². The van der Waals surface area contributed by atoms with Gasteiger partial charge in [-0.25, -0.2) is 9.37 Å². The molecule has 0 aliphatic heterocycles. The minimum Gasteiger partial charge on any atom is -0.338 e. The monoisotopic (exact) mass is 354 g/mol. The molecule has 1 N–H and O–H groups in total. The van der Waals surface area contributed by atoms with Gasteiger partial charge in [0.15, 0.2) is 0 Å². The number of aryl methyl sites for hydroxylation is 1. The third kappa shape index (κ3) is 3.44. The second kappa shape index (κ2) is 7.14. The van der Waals surface area contributed by atoms with Gasteiger partial charge in [-0.2, -0.15) is 0 Å². The summed E-state index contributed by atoms with van der Waals surface area (Å²) in [5, 5.41) is 13.6. The molecule has 0 fully saturated rings. The number of nitrogens with zero attached hydrogens (tertiary/aromatic N) is 3. The van der Waals surface area contributed by atoms with Crippen molar-refractivity contribution in [1.82, 2.24) is 14.9 Å². The predicted octanol–water partition coefficient (Wildman–Crippen LogP) is 2.99. The van der Waals surface area contributed by atoms with E-state index < -0.39 is 22.7 Å². The van der Waals surface area contributed by atoms with E-state index in [0.29, 0.717) is 5.82 Å². The van der Waals surface area contributed by atoms with Crippen LogP contribution in [0.3, 0.4) is 0 Å². The summed E-state index contributed by atoms with van der Waals surface area (Å²) < 4.78 is 16.0. The summed E-state index contributed by atoms with van der Waals surface area (Å²) in [7, 11) is 1.73. The van der Waals surface area contributed by atoms with Crippen LogP contribution in [0.1, 0.15) is 27.8 Å². The molecule has 8 heteroatoms. The minimum absolute atomic E-state index is 0.106. The molecule has 0 aliphatic rings. The van der Waals surface area contributed by atoms with Gasteiger partial charge in [0, 0.05) is 42.7 Å². The molecule has 1 aromatic heterocycles. The fourth-order valence-corrected chi connectivity index (χ4v) is 2.62. The molecule has 3 rings (SSSR count). The van der Waals surface area contributed by atoms with Crippen molar-refractivity contribution in [2.24, 2.45) is 7.05 Å². The number of hydrogen-bond donors (Lipinski definition) is 1. The number of benzene rings is 2. The largest absolute Gasteiger partial charge is 0.338 e. The van der Waals surface area contributed by atoms with Crippen LogP contribution < -0.4 is 5.32 Å².